The summed E-state index contributed by atoms with van der Waals surface area (Å²) in [4.78, 5) is 0. The molecule has 2 aromatic carbocycles. The van der Waals surface area contributed by atoms with Crippen molar-refractivity contribution in [2.45, 2.75) is 78.7 Å². The number of anilines is 1. The second-order valence-corrected chi connectivity index (χ2v) is 13.7. The van der Waals surface area contributed by atoms with Gasteiger partial charge in [-0.25, -0.2) is 0 Å². The molecule has 0 spiro atoms. The highest BCUT2D eigenvalue weighted by Gasteiger charge is 2.36. The molecule has 1 atom stereocenters. The molecule has 2 aromatic rings. The summed E-state index contributed by atoms with van der Waals surface area (Å²) >= 11 is 0. The van der Waals surface area contributed by atoms with Gasteiger partial charge in [-0.2, -0.15) is 0 Å². The number of benzene rings is 2. The Morgan fingerprint density at radius 2 is 1.30 bits per heavy atom. The maximum Gasteiger partial charge on any atom is 0.0553 e. The molecule has 0 amide bonds. The summed E-state index contributed by atoms with van der Waals surface area (Å²) in [5.74, 6) is 0. The van der Waals surface area contributed by atoms with Gasteiger partial charge in [-0.05, 0) is 53.9 Å². The summed E-state index contributed by atoms with van der Waals surface area (Å²) < 4.78 is 0. The van der Waals surface area contributed by atoms with Crippen LogP contribution in [0.5, 0.6) is 0 Å². The molecule has 0 bridgehead atoms. The van der Waals surface area contributed by atoms with E-state index >= 15 is 0 Å². The molecule has 0 saturated heterocycles. The van der Waals surface area contributed by atoms with Crippen LogP contribution in [0, 0.1) is 20.8 Å². The zero-order valence-electron chi connectivity index (χ0n) is 18.8. The number of hydrogen-bond donors (Lipinski definition) is 1. The van der Waals surface area contributed by atoms with Gasteiger partial charge in [0.1, 0.15) is 0 Å². The van der Waals surface area contributed by atoms with Gasteiger partial charge >= 0.3 is 0 Å². The average Bonchev–Trinajstić information content (AvgIpc) is 2.51. The van der Waals surface area contributed by atoms with Crippen LogP contribution >= 0.6 is 7.92 Å². The average molecular weight is 384 g/mol. The molecule has 0 aliphatic rings. The minimum Gasteiger partial charge on any atom is -0.377 e. The molecule has 0 aromatic heterocycles. The molecule has 2 rings (SSSR count). The Kier molecular flexibility index (Phi) is 6.80. The molecule has 2 heteroatoms. The highest BCUT2D eigenvalue weighted by atomic mass is 31.1. The van der Waals surface area contributed by atoms with Crippen molar-refractivity contribution in [3.05, 3.63) is 64.7 Å². The largest absolute Gasteiger partial charge is 0.377 e. The first-order valence-electron chi connectivity index (χ1n) is 10.1. The third kappa shape index (κ3) is 5.82. The second kappa shape index (κ2) is 8.36. The normalized spacial score (nSPS) is 13.7. The van der Waals surface area contributed by atoms with E-state index in [-0.39, 0.29) is 7.92 Å². The Balaban J connectivity index is 2.44. The van der Waals surface area contributed by atoms with Gasteiger partial charge in [0.25, 0.3) is 0 Å². The van der Waals surface area contributed by atoms with Crippen molar-refractivity contribution in [3.8, 4) is 0 Å². The summed E-state index contributed by atoms with van der Waals surface area (Å²) in [7, 11) is -0.190. The van der Waals surface area contributed by atoms with E-state index in [9.17, 15) is 0 Å². The molecule has 27 heavy (non-hydrogen) atoms. The number of rotatable bonds is 5. The minimum absolute atomic E-state index is 0.190. The smallest absolute Gasteiger partial charge is 0.0553 e. The van der Waals surface area contributed by atoms with Crippen LogP contribution in [-0.2, 0) is 0 Å². The van der Waals surface area contributed by atoms with Crippen molar-refractivity contribution in [1.29, 1.82) is 0 Å². The molecule has 148 valence electrons. The number of hydrogen-bond acceptors (Lipinski definition) is 1. The lowest BCUT2D eigenvalue weighted by atomic mass is 10.0. The Morgan fingerprint density at radius 1 is 0.815 bits per heavy atom. The molecule has 0 radical (unpaired) electrons. The zero-order valence-corrected chi connectivity index (χ0v) is 19.7. The third-order valence-electron chi connectivity index (χ3n) is 5.18. The molecule has 0 saturated carbocycles. The summed E-state index contributed by atoms with van der Waals surface area (Å²) in [6.45, 7) is 21.1. The van der Waals surface area contributed by atoms with Crippen molar-refractivity contribution < 1.29 is 0 Å². The maximum atomic E-state index is 3.95. The molecular weight excluding hydrogens is 345 g/mol. The Labute approximate surface area is 168 Å². The Morgan fingerprint density at radius 3 is 1.74 bits per heavy atom. The van der Waals surface area contributed by atoms with Crippen LogP contribution in [0.3, 0.4) is 0 Å². The van der Waals surface area contributed by atoms with Gasteiger partial charge in [-0.3, -0.25) is 0 Å². The Hall–Kier alpha value is -1.33. The van der Waals surface area contributed by atoms with E-state index in [4.69, 9.17) is 0 Å². The minimum atomic E-state index is -0.190. The van der Waals surface area contributed by atoms with Crippen molar-refractivity contribution >= 4 is 13.6 Å². The fourth-order valence-electron chi connectivity index (χ4n) is 4.24. The van der Waals surface area contributed by atoms with Crippen LogP contribution in [-0.4, -0.2) is 16.5 Å². The predicted molar refractivity (Wildman–Crippen MR) is 125 cm³/mol. The van der Waals surface area contributed by atoms with Crippen LogP contribution in [0.2, 0.25) is 0 Å². The van der Waals surface area contributed by atoms with Crippen LogP contribution < -0.4 is 5.32 Å². The van der Waals surface area contributed by atoms with Gasteiger partial charge in [0, 0.05) is 5.69 Å². The van der Waals surface area contributed by atoms with Crippen LogP contribution in [0.1, 0.15) is 69.8 Å². The standard InChI is InChI=1S/C25H38NP/c1-18-15-19(2)23(20(3)16-18)26-22(21-13-11-10-12-14-21)17-27(24(4,5)6)25(7,8)9/h10-16,22,26H,17H2,1-9H3. The summed E-state index contributed by atoms with van der Waals surface area (Å²) in [6, 6.07) is 15.9. The van der Waals surface area contributed by atoms with Crippen molar-refractivity contribution in [1.82, 2.24) is 0 Å². The number of aryl methyl sites for hydroxylation is 3. The monoisotopic (exact) mass is 383 g/mol. The van der Waals surface area contributed by atoms with Gasteiger partial charge in [-0.1, -0.05) is 97.5 Å². The van der Waals surface area contributed by atoms with Crippen molar-refractivity contribution in [3.63, 3.8) is 0 Å². The first kappa shape index (κ1) is 22.0. The first-order valence-corrected chi connectivity index (χ1v) is 11.6. The second-order valence-electron chi connectivity index (χ2n) is 9.83. The first-order chi connectivity index (χ1) is 12.4. The molecule has 0 aliphatic heterocycles. The lowest BCUT2D eigenvalue weighted by Crippen LogP contribution is -2.30. The maximum absolute atomic E-state index is 3.95. The number of nitrogens with one attached hydrogen (secondary N) is 1. The van der Waals surface area contributed by atoms with Gasteiger partial charge in [0.15, 0.2) is 0 Å². The quantitative estimate of drug-likeness (QED) is 0.518. The molecular formula is C25H38NP. The van der Waals surface area contributed by atoms with Gasteiger partial charge < -0.3 is 5.32 Å². The zero-order chi connectivity index (χ0) is 20.4. The molecule has 1 unspecified atom stereocenters. The SMILES string of the molecule is Cc1cc(C)c(NC(CP(C(C)(C)C)C(C)(C)C)c2ccccc2)c(C)c1. The lowest BCUT2D eigenvalue weighted by Gasteiger charge is -2.44. The van der Waals surface area contributed by atoms with Crippen molar-refractivity contribution in [2.75, 3.05) is 11.5 Å². The fourth-order valence-corrected chi connectivity index (χ4v) is 8.01. The molecule has 1 N–H and O–H groups in total. The highest BCUT2D eigenvalue weighted by molar-refractivity contribution is 7.60. The predicted octanol–water partition coefficient (Wildman–Crippen LogP) is 7.84. The van der Waals surface area contributed by atoms with Gasteiger partial charge in [0.05, 0.1) is 6.04 Å². The van der Waals surface area contributed by atoms with Crippen LogP contribution in [0.25, 0.3) is 0 Å². The van der Waals surface area contributed by atoms with E-state index in [1.54, 1.807) is 0 Å². The topological polar surface area (TPSA) is 12.0 Å². The third-order valence-corrected chi connectivity index (χ3v) is 9.15. The fraction of sp³-hybridized carbons (Fsp3) is 0.520. The van der Waals surface area contributed by atoms with Crippen molar-refractivity contribution in [2.24, 2.45) is 0 Å². The molecule has 0 aliphatic carbocycles. The van der Waals surface area contributed by atoms with Crippen LogP contribution in [0.4, 0.5) is 5.69 Å². The van der Waals surface area contributed by atoms with Gasteiger partial charge in [-0.15, -0.1) is 0 Å². The highest BCUT2D eigenvalue weighted by Crippen LogP contribution is 2.60. The molecule has 0 fully saturated rings. The summed E-state index contributed by atoms with van der Waals surface area (Å²) in [5, 5.41) is 4.59. The van der Waals surface area contributed by atoms with E-state index in [0.29, 0.717) is 16.4 Å². The van der Waals surface area contributed by atoms with Gasteiger partial charge in [0.2, 0.25) is 0 Å². The van der Waals surface area contributed by atoms with E-state index < -0.39 is 0 Å². The summed E-state index contributed by atoms with van der Waals surface area (Å²) in [6.07, 6.45) is 1.18. The van der Waals surface area contributed by atoms with E-state index in [1.165, 1.54) is 34.1 Å². The van der Waals surface area contributed by atoms with E-state index in [2.05, 4.69) is 110 Å². The summed E-state index contributed by atoms with van der Waals surface area (Å²) in [5.41, 5.74) is 6.69. The van der Waals surface area contributed by atoms with E-state index in [0.717, 1.165) is 0 Å². The van der Waals surface area contributed by atoms with E-state index in [1.807, 2.05) is 0 Å². The Bertz CT molecular complexity index is 713. The molecule has 1 nitrogen and oxygen atoms in total. The molecule has 0 heterocycles. The van der Waals surface area contributed by atoms with Crippen LogP contribution in [0.15, 0.2) is 42.5 Å². The lowest BCUT2D eigenvalue weighted by molar-refractivity contribution is 0.693.